The van der Waals surface area contributed by atoms with Gasteiger partial charge in [0, 0.05) is 42.5 Å². The number of amides is 2. The molecule has 8 nitrogen and oxygen atoms in total. The standard InChI is InChI=1S/C24H27ClN4O2.C2HF3O2/c1-17(26)27-12-10-18(11-13-27)14-29-22-5-3-2-4-20(22)15-28(16-23(29)30)24(31)19-6-8-21(25)9-7-19;3-2(4,5)1(6)7/h2-9,18,26H,10-16H2,1H3;(H,6,7). The number of benzene rings is 2. The Balaban J connectivity index is 0.000000505. The van der Waals surface area contributed by atoms with Crippen molar-refractivity contribution in [2.75, 3.05) is 31.1 Å². The topological polar surface area (TPSA) is 105 Å². The summed E-state index contributed by atoms with van der Waals surface area (Å²) in [5, 5.41) is 15.5. The molecule has 12 heteroatoms. The van der Waals surface area contributed by atoms with Crippen molar-refractivity contribution in [3.05, 3.63) is 64.7 Å². The third-order valence-electron chi connectivity index (χ3n) is 6.42. The quantitative estimate of drug-likeness (QED) is 0.425. The molecule has 2 aliphatic heterocycles. The molecule has 0 unspecified atom stereocenters. The third kappa shape index (κ3) is 7.47. The first-order valence-corrected chi connectivity index (χ1v) is 12.3. The summed E-state index contributed by atoms with van der Waals surface area (Å²) in [7, 11) is 0. The van der Waals surface area contributed by atoms with Gasteiger partial charge < -0.3 is 19.8 Å². The van der Waals surface area contributed by atoms with E-state index < -0.39 is 12.1 Å². The summed E-state index contributed by atoms with van der Waals surface area (Å²) < 4.78 is 31.7. The molecule has 0 aromatic heterocycles. The number of likely N-dealkylation sites (tertiary alicyclic amines) is 1. The number of carboxylic acids is 1. The van der Waals surface area contributed by atoms with E-state index in [9.17, 15) is 22.8 Å². The van der Waals surface area contributed by atoms with Crippen LogP contribution in [0, 0.1) is 11.3 Å². The number of nitrogens with one attached hydrogen (secondary N) is 1. The van der Waals surface area contributed by atoms with Crippen molar-refractivity contribution >= 4 is 40.9 Å². The largest absolute Gasteiger partial charge is 0.490 e. The smallest absolute Gasteiger partial charge is 0.475 e. The van der Waals surface area contributed by atoms with Crippen molar-refractivity contribution in [3.8, 4) is 0 Å². The van der Waals surface area contributed by atoms with Gasteiger partial charge in [0.05, 0.1) is 5.84 Å². The minimum atomic E-state index is -5.08. The molecule has 4 rings (SSSR count). The number of anilines is 1. The first-order valence-electron chi connectivity index (χ1n) is 11.9. The van der Waals surface area contributed by atoms with Gasteiger partial charge in [-0.15, -0.1) is 0 Å². The fourth-order valence-electron chi connectivity index (χ4n) is 4.38. The van der Waals surface area contributed by atoms with E-state index in [1.165, 1.54) is 0 Å². The number of fused-ring (bicyclic) bond motifs is 1. The zero-order valence-corrected chi connectivity index (χ0v) is 21.4. The van der Waals surface area contributed by atoms with Crippen LogP contribution in [-0.2, 0) is 16.1 Å². The van der Waals surface area contributed by atoms with Gasteiger partial charge in [0.1, 0.15) is 6.54 Å². The number of halogens is 4. The van der Waals surface area contributed by atoms with E-state index in [1.807, 2.05) is 36.1 Å². The number of hydrogen-bond acceptors (Lipinski definition) is 4. The van der Waals surface area contributed by atoms with Crippen LogP contribution in [0.15, 0.2) is 48.5 Å². The number of amidine groups is 1. The highest BCUT2D eigenvalue weighted by molar-refractivity contribution is 6.30. The van der Waals surface area contributed by atoms with Crippen molar-refractivity contribution in [1.29, 1.82) is 5.41 Å². The number of aliphatic carboxylic acids is 1. The zero-order valence-electron chi connectivity index (χ0n) is 20.7. The van der Waals surface area contributed by atoms with Crippen LogP contribution in [0.2, 0.25) is 5.02 Å². The molecule has 0 saturated carbocycles. The molecule has 204 valence electrons. The molecule has 2 aromatic rings. The highest BCUT2D eigenvalue weighted by Gasteiger charge is 2.38. The first-order chi connectivity index (χ1) is 17.9. The average molecular weight is 553 g/mol. The van der Waals surface area contributed by atoms with Crippen LogP contribution in [0.1, 0.15) is 35.7 Å². The molecule has 2 heterocycles. The van der Waals surface area contributed by atoms with E-state index in [0.29, 0.717) is 35.4 Å². The van der Waals surface area contributed by atoms with Crippen molar-refractivity contribution in [2.45, 2.75) is 32.5 Å². The fraction of sp³-hybridized carbons (Fsp3) is 0.385. The second-order valence-corrected chi connectivity index (χ2v) is 9.56. The predicted octanol–water partition coefficient (Wildman–Crippen LogP) is 4.67. The SMILES string of the molecule is CC(=N)N1CCC(CN2C(=O)CN(C(=O)c3ccc(Cl)cc3)Cc3ccccc32)CC1.O=C(O)C(F)(F)F. The van der Waals surface area contributed by atoms with Crippen LogP contribution in [0.25, 0.3) is 0 Å². The lowest BCUT2D eigenvalue weighted by atomic mass is 9.95. The summed E-state index contributed by atoms with van der Waals surface area (Å²) >= 11 is 5.96. The van der Waals surface area contributed by atoms with E-state index in [1.54, 1.807) is 29.2 Å². The molecule has 0 radical (unpaired) electrons. The molecular formula is C26H28ClF3N4O4. The van der Waals surface area contributed by atoms with Crippen molar-refractivity contribution in [2.24, 2.45) is 5.92 Å². The summed E-state index contributed by atoms with van der Waals surface area (Å²) in [5.74, 6) is -2.00. The van der Waals surface area contributed by atoms with Crippen LogP contribution >= 0.6 is 11.6 Å². The van der Waals surface area contributed by atoms with Crippen LogP contribution < -0.4 is 4.90 Å². The Kier molecular flexibility index (Phi) is 9.37. The van der Waals surface area contributed by atoms with Gasteiger partial charge in [-0.2, -0.15) is 13.2 Å². The first kappa shape index (κ1) is 29.0. The molecule has 2 aliphatic rings. The Bertz CT molecular complexity index is 1180. The second-order valence-electron chi connectivity index (χ2n) is 9.12. The van der Waals surface area contributed by atoms with Gasteiger partial charge in [0.25, 0.3) is 5.91 Å². The number of rotatable bonds is 3. The molecule has 0 bridgehead atoms. The Labute approximate surface area is 223 Å². The monoisotopic (exact) mass is 552 g/mol. The maximum absolute atomic E-state index is 13.3. The number of carboxylic acid groups (broad SMARTS) is 1. The van der Waals surface area contributed by atoms with Gasteiger partial charge >= 0.3 is 12.1 Å². The minimum absolute atomic E-state index is 0.0502. The van der Waals surface area contributed by atoms with Crippen LogP contribution in [-0.4, -0.2) is 70.9 Å². The van der Waals surface area contributed by atoms with Gasteiger partial charge in [0.2, 0.25) is 5.91 Å². The van der Waals surface area contributed by atoms with Gasteiger partial charge in [-0.05, 0) is 61.6 Å². The number of alkyl halides is 3. The molecule has 0 atom stereocenters. The van der Waals surface area contributed by atoms with Gasteiger partial charge in [-0.3, -0.25) is 15.0 Å². The molecule has 2 aromatic carbocycles. The molecule has 0 aliphatic carbocycles. The maximum Gasteiger partial charge on any atom is 0.490 e. The van der Waals surface area contributed by atoms with Crippen LogP contribution in [0.4, 0.5) is 18.9 Å². The minimum Gasteiger partial charge on any atom is -0.475 e. The summed E-state index contributed by atoms with van der Waals surface area (Å²) in [4.78, 5) is 40.9. The van der Waals surface area contributed by atoms with Crippen LogP contribution in [0.5, 0.6) is 0 Å². The molecule has 2 amide bonds. The average Bonchev–Trinajstić information content (AvgIpc) is 3.00. The van der Waals surface area contributed by atoms with Crippen molar-refractivity contribution in [1.82, 2.24) is 9.80 Å². The second kappa shape index (κ2) is 12.3. The molecule has 2 N–H and O–H groups in total. The van der Waals surface area contributed by atoms with E-state index in [2.05, 4.69) is 4.90 Å². The number of carbonyl (C=O) groups is 3. The van der Waals surface area contributed by atoms with E-state index in [4.69, 9.17) is 26.9 Å². The summed E-state index contributed by atoms with van der Waals surface area (Å²) in [6, 6.07) is 14.6. The molecule has 0 spiro atoms. The van der Waals surface area contributed by atoms with Crippen LogP contribution in [0.3, 0.4) is 0 Å². The maximum atomic E-state index is 13.3. The van der Waals surface area contributed by atoms with Crippen molar-refractivity contribution < 1.29 is 32.7 Å². The lowest BCUT2D eigenvalue weighted by Crippen LogP contribution is -2.44. The number of hydrogen-bond donors (Lipinski definition) is 2. The highest BCUT2D eigenvalue weighted by Crippen LogP contribution is 2.29. The molecule has 1 saturated heterocycles. The molecule has 1 fully saturated rings. The lowest BCUT2D eigenvalue weighted by molar-refractivity contribution is -0.192. The van der Waals surface area contributed by atoms with E-state index in [0.717, 1.165) is 37.2 Å². The summed E-state index contributed by atoms with van der Waals surface area (Å²) in [6.45, 7) is 4.61. The molecular weight excluding hydrogens is 525 g/mol. The Hall–Kier alpha value is -3.60. The highest BCUT2D eigenvalue weighted by atomic mass is 35.5. The number of piperidine rings is 1. The van der Waals surface area contributed by atoms with E-state index in [-0.39, 0.29) is 18.4 Å². The van der Waals surface area contributed by atoms with Gasteiger partial charge in [-0.25, -0.2) is 4.79 Å². The molecule has 38 heavy (non-hydrogen) atoms. The Morgan fingerprint density at radius 1 is 1.03 bits per heavy atom. The fourth-order valence-corrected chi connectivity index (χ4v) is 4.51. The number of para-hydroxylation sites is 1. The zero-order chi connectivity index (χ0) is 28.0. The van der Waals surface area contributed by atoms with E-state index >= 15 is 0 Å². The Morgan fingerprint density at radius 3 is 2.16 bits per heavy atom. The summed E-state index contributed by atoms with van der Waals surface area (Å²) in [5.41, 5.74) is 2.39. The number of nitrogens with zero attached hydrogens (tertiary/aromatic N) is 3. The third-order valence-corrected chi connectivity index (χ3v) is 6.67. The van der Waals surface area contributed by atoms with Gasteiger partial charge in [-0.1, -0.05) is 29.8 Å². The van der Waals surface area contributed by atoms with Gasteiger partial charge in [0.15, 0.2) is 0 Å². The lowest BCUT2D eigenvalue weighted by Gasteiger charge is -2.35. The van der Waals surface area contributed by atoms with Crippen molar-refractivity contribution in [3.63, 3.8) is 0 Å². The predicted molar refractivity (Wildman–Crippen MR) is 136 cm³/mol. The summed E-state index contributed by atoms with van der Waals surface area (Å²) in [6.07, 6.45) is -3.18. The Morgan fingerprint density at radius 2 is 1.61 bits per heavy atom. The normalized spacial score (nSPS) is 16.2. The number of carbonyl (C=O) groups excluding carboxylic acids is 2.